The summed E-state index contributed by atoms with van der Waals surface area (Å²) in [7, 11) is 0. The third-order valence-electron chi connectivity index (χ3n) is 1.60. The average molecular weight is 188 g/mol. The molecule has 0 spiro atoms. The summed E-state index contributed by atoms with van der Waals surface area (Å²) in [5.41, 5.74) is 6.17. The summed E-state index contributed by atoms with van der Waals surface area (Å²) >= 11 is 0. The van der Waals surface area contributed by atoms with Crippen molar-refractivity contribution in [3.8, 4) is 0 Å². The number of hydrogen-bond donors (Lipinski definition) is 2. The summed E-state index contributed by atoms with van der Waals surface area (Å²) in [5, 5.41) is 16.4. The second-order valence-corrected chi connectivity index (χ2v) is 2.96. The average Bonchev–Trinajstić information content (AvgIpc) is 2.52. The van der Waals surface area contributed by atoms with Crippen molar-refractivity contribution in [1.29, 1.82) is 0 Å². The van der Waals surface area contributed by atoms with Crippen LogP contribution in [0.1, 0.15) is 18.7 Å². The van der Waals surface area contributed by atoms with Crippen LogP contribution in [-0.2, 0) is 6.54 Å². The van der Waals surface area contributed by atoms with Crippen molar-refractivity contribution in [3.05, 3.63) is 11.9 Å². The third-order valence-corrected chi connectivity index (χ3v) is 1.60. The Labute approximate surface area is 75.4 Å². The molecule has 1 unspecified atom stereocenters. The fourth-order valence-electron chi connectivity index (χ4n) is 0.876. The summed E-state index contributed by atoms with van der Waals surface area (Å²) in [4.78, 5) is 0. The predicted octanol–water partition coefficient (Wildman–Crippen LogP) is -0.372. The first kappa shape index (κ1) is 10.1. The molecule has 0 aliphatic heterocycles. The Morgan fingerprint density at radius 1 is 1.77 bits per heavy atom. The molecule has 13 heavy (non-hydrogen) atoms. The van der Waals surface area contributed by atoms with Crippen molar-refractivity contribution < 1.29 is 9.50 Å². The maximum Gasteiger partial charge on any atom is 0.117 e. The van der Waals surface area contributed by atoms with Crippen molar-refractivity contribution in [1.82, 2.24) is 15.0 Å². The van der Waals surface area contributed by atoms with E-state index in [9.17, 15) is 4.39 Å². The van der Waals surface area contributed by atoms with Gasteiger partial charge in [0.2, 0.25) is 0 Å². The van der Waals surface area contributed by atoms with E-state index in [2.05, 4.69) is 10.3 Å². The number of aliphatic hydroxyl groups is 1. The van der Waals surface area contributed by atoms with Crippen molar-refractivity contribution >= 4 is 0 Å². The molecule has 74 valence electrons. The summed E-state index contributed by atoms with van der Waals surface area (Å²) in [6.45, 7) is 1.10. The summed E-state index contributed by atoms with van der Waals surface area (Å²) in [6, 6.07) is -0.198. The molecule has 0 bridgehead atoms. The lowest BCUT2D eigenvalue weighted by molar-refractivity contribution is 0.117. The monoisotopic (exact) mass is 188 g/mol. The van der Waals surface area contributed by atoms with Gasteiger partial charge in [0.25, 0.3) is 0 Å². The highest BCUT2D eigenvalue weighted by atomic mass is 19.1. The van der Waals surface area contributed by atoms with Crippen molar-refractivity contribution in [2.75, 3.05) is 6.67 Å². The molecular formula is C7H13FN4O. The molecule has 0 aliphatic rings. The second-order valence-electron chi connectivity index (χ2n) is 2.96. The molecule has 1 aromatic rings. The number of rotatable bonds is 4. The number of hydrogen-bond acceptors (Lipinski definition) is 4. The van der Waals surface area contributed by atoms with Gasteiger partial charge in [-0.05, 0) is 6.92 Å². The molecule has 2 atom stereocenters. The molecule has 1 rings (SSSR count). The zero-order valence-electron chi connectivity index (χ0n) is 7.39. The molecular weight excluding hydrogens is 175 g/mol. The lowest BCUT2D eigenvalue weighted by Crippen LogP contribution is -2.18. The van der Waals surface area contributed by atoms with Crippen LogP contribution >= 0.6 is 0 Å². The fraction of sp³-hybridized carbons (Fsp3) is 0.714. The van der Waals surface area contributed by atoms with E-state index in [1.165, 1.54) is 4.68 Å². The van der Waals surface area contributed by atoms with Gasteiger partial charge in [-0.3, -0.25) is 0 Å². The van der Waals surface area contributed by atoms with Crippen LogP contribution in [0.4, 0.5) is 4.39 Å². The van der Waals surface area contributed by atoms with Crippen LogP contribution in [0, 0.1) is 0 Å². The Bertz CT molecular complexity index is 263. The topological polar surface area (TPSA) is 77.0 Å². The molecule has 6 heteroatoms. The SMILES string of the molecule is C[C@H](N)c1cn(CC(O)CF)nn1. The Kier molecular flexibility index (Phi) is 3.32. The van der Waals surface area contributed by atoms with E-state index < -0.39 is 12.8 Å². The van der Waals surface area contributed by atoms with Crippen LogP contribution in [-0.4, -0.2) is 32.9 Å². The van der Waals surface area contributed by atoms with E-state index in [0.717, 1.165) is 0 Å². The molecule has 3 N–H and O–H groups in total. The molecule has 0 saturated heterocycles. The lowest BCUT2D eigenvalue weighted by atomic mass is 10.3. The van der Waals surface area contributed by atoms with E-state index in [1.54, 1.807) is 13.1 Å². The molecule has 5 nitrogen and oxygen atoms in total. The van der Waals surface area contributed by atoms with Gasteiger partial charge in [0.1, 0.15) is 12.8 Å². The maximum absolute atomic E-state index is 11.9. The first-order valence-electron chi connectivity index (χ1n) is 4.03. The van der Waals surface area contributed by atoms with Crippen LogP contribution in [0.3, 0.4) is 0 Å². The number of nitrogens with two attached hydrogens (primary N) is 1. The highest BCUT2D eigenvalue weighted by molar-refractivity contribution is 4.97. The van der Waals surface area contributed by atoms with Gasteiger partial charge in [-0.2, -0.15) is 0 Å². The lowest BCUT2D eigenvalue weighted by Gasteiger charge is -2.03. The quantitative estimate of drug-likeness (QED) is 0.675. The number of nitrogens with zero attached hydrogens (tertiary/aromatic N) is 3. The van der Waals surface area contributed by atoms with Crippen LogP contribution in [0.5, 0.6) is 0 Å². The van der Waals surface area contributed by atoms with E-state index in [4.69, 9.17) is 10.8 Å². The van der Waals surface area contributed by atoms with Crippen molar-refractivity contribution in [2.45, 2.75) is 25.6 Å². The van der Waals surface area contributed by atoms with Gasteiger partial charge in [0, 0.05) is 6.04 Å². The fourth-order valence-corrected chi connectivity index (χ4v) is 0.876. The van der Waals surface area contributed by atoms with Crippen LogP contribution < -0.4 is 5.73 Å². The number of halogens is 1. The van der Waals surface area contributed by atoms with Gasteiger partial charge in [0.15, 0.2) is 0 Å². The molecule has 1 aromatic heterocycles. The summed E-state index contributed by atoms with van der Waals surface area (Å²) in [5.74, 6) is 0. The molecule has 0 saturated carbocycles. The van der Waals surface area contributed by atoms with Gasteiger partial charge in [-0.1, -0.05) is 5.21 Å². The molecule has 0 radical (unpaired) electrons. The second kappa shape index (κ2) is 4.29. The predicted molar refractivity (Wildman–Crippen MR) is 44.6 cm³/mol. The minimum atomic E-state index is -1.03. The standard InChI is InChI=1S/C7H13FN4O/c1-5(9)7-4-12(11-10-7)3-6(13)2-8/h4-6,13H,2-3,9H2,1H3/t5-,6?/m0/s1. The normalized spacial score (nSPS) is 15.7. The first-order valence-corrected chi connectivity index (χ1v) is 4.03. The third kappa shape index (κ3) is 2.74. The van der Waals surface area contributed by atoms with Crippen LogP contribution in [0.25, 0.3) is 0 Å². The van der Waals surface area contributed by atoms with E-state index in [-0.39, 0.29) is 12.6 Å². The number of alkyl halides is 1. The number of aromatic nitrogens is 3. The Balaban J connectivity index is 2.58. The van der Waals surface area contributed by atoms with E-state index in [1.807, 2.05) is 0 Å². The van der Waals surface area contributed by atoms with Gasteiger partial charge in [-0.25, -0.2) is 9.07 Å². The van der Waals surface area contributed by atoms with E-state index >= 15 is 0 Å². The molecule has 0 aromatic carbocycles. The minimum absolute atomic E-state index is 0.107. The molecule has 0 amide bonds. The van der Waals surface area contributed by atoms with Crippen molar-refractivity contribution in [3.63, 3.8) is 0 Å². The highest BCUT2D eigenvalue weighted by Crippen LogP contribution is 2.03. The van der Waals surface area contributed by atoms with Crippen molar-refractivity contribution in [2.24, 2.45) is 5.73 Å². The van der Waals surface area contributed by atoms with Gasteiger partial charge in [-0.15, -0.1) is 5.10 Å². The Morgan fingerprint density at radius 3 is 2.92 bits per heavy atom. The van der Waals surface area contributed by atoms with Crippen LogP contribution in [0.15, 0.2) is 6.20 Å². The Hall–Kier alpha value is -1.01. The smallest absolute Gasteiger partial charge is 0.117 e. The summed E-state index contributed by atoms with van der Waals surface area (Å²) in [6.07, 6.45) is 0.575. The highest BCUT2D eigenvalue weighted by Gasteiger charge is 2.08. The largest absolute Gasteiger partial charge is 0.388 e. The van der Waals surface area contributed by atoms with E-state index in [0.29, 0.717) is 5.69 Å². The molecule has 0 aliphatic carbocycles. The zero-order valence-corrected chi connectivity index (χ0v) is 7.39. The Morgan fingerprint density at radius 2 is 2.46 bits per heavy atom. The van der Waals surface area contributed by atoms with Crippen LogP contribution in [0.2, 0.25) is 0 Å². The zero-order chi connectivity index (χ0) is 9.84. The maximum atomic E-state index is 11.9. The van der Waals surface area contributed by atoms with Gasteiger partial charge >= 0.3 is 0 Å². The first-order chi connectivity index (χ1) is 6.13. The summed E-state index contributed by atoms with van der Waals surface area (Å²) < 4.78 is 13.3. The van der Waals surface area contributed by atoms with Gasteiger partial charge in [0.05, 0.1) is 18.4 Å². The number of aliphatic hydroxyl groups excluding tert-OH is 1. The van der Waals surface area contributed by atoms with Gasteiger partial charge < -0.3 is 10.8 Å². The molecule has 0 fully saturated rings. The minimum Gasteiger partial charge on any atom is -0.388 e. The molecule has 1 heterocycles.